The van der Waals surface area contributed by atoms with Crippen LogP contribution in [-0.4, -0.2) is 15.3 Å². The maximum atomic E-state index is 13.5. The second-order valence-electron chi connectivity index (χ2n) is 8.50. The van der Waals surface area contributed by atoms with Gasteiger partial charge < -0.3 is 10.1 Å². The topological polar surface area (TPSA) is 65.3 Å². The van der Waals surface area contributed by atoms with Crippen LogP contribution in [0.15, 0.2) is 71.5 Å². The Morgan fingerprint density at radius 2 is 1.64 bits per heavy atom. The van der Waals surface area contributed by atoms with Crippen molar-refractivity contribution in [2.45, 2.75) is 33.7 Å². The number of ether oxygens (including phenoxy) is 1. The third kappa shape index (κ3) is 3.74. The molecule has 33 heavy (non-hydrogen) atoms. The molecule has 0 saturated carbocycles. The van der Waals surface area contributed by atoms with Crippen LogP contribution in [0.2, 0.25) is 0 Å². The number of carbonyl (C=O) groups excluding carboxylic acids is 1. The van der Waals surface area contributed by atoms with Crippen LogP contribution in [0.4, 0.5) is 5.69 Å². The standard InChI is InChI=1S/C27H25N3O3/c1-17-13-18(2)25(19(3)14-17)28-24(31)16-29-27-22(15-20-9-7-8-12-23(20)33-27)26(32)30(29)21-10-5-4-6-11-21/h4-14H,15-16H2,1-3H3,(H,28,31). The predicted octanol–water partition coefficient (Wildman–Crippen LogP) is 4.90. The van der Waals surface area contributed by atoms with Crippen molar-refractivity contribution in [2.24, 2.45) is 0 Å². The normalized spacial score (nSPS) is 12.0. The number of fused-ring (bicyclic) bond motifs is 2. The number of anilines is 1. The van der Waals surface area contributed by atoms with E-state index in [-0.39, 0.29) is 18.0 Å². The lowest BCUT2D eigenvalue weighted by Crippen LogP contribution is -2.27. The Morgan fingerprint density at radius 3 is 2.36 bits per heavy atom. The summed E-state index contributed by atoms with van der Waals surface area (Å²) < 4.78 is 9.34. The van der Waals surface area contributed by atoms with E-state index in [1.54, 1.807) is 4.68 Å². The van der Waals surface area contributed by atoms with Gasteiger partial charge in [0.25, 0.3) is 5.56 Å². The molecule has 1 aliphatic rings. The van der Waals surface area contributed by atoms with E-state index in [1.165, 1.54) is 4.68 Å². The molecule has 0 atom stereocenters. The van der Waals surface area contributed by atoms with Gasteiger partial charge in [0.15, 0.2) is 0 Å². The number of aryl methyl sites for hydroxylation is 3. The first-order chi connectivity index (χ1) is 15.9. The van der Waals surface area contributed by atoms with Crippen molar-refractivity contribution in [3.63, 3.8) is 0 Å². The van der Waals surface area contributed by atoms with Crippen molar-refractivity contribution >= 4 is 11.6 Å². The number of amides is 1. The zero-order valence-corrected chi connectivity index (χ0v) is 18.9. The summed E-state index contributed by atoms with van der Waals surface area (Å²) in [4.78, 5) is 26.7. The lowest BCUT2D eigenvalue weighted by atomic mass is 10.0. The monoisotopic (exact) mass is 439 g/mol. The highest BCUT2D eigenvalue weighted by Crippen LogP contribution is 2.35. The number of aromatic nitrogens is 2. The van der Waals surface area contributed by atoms with Gasteiger partial charge in [-0.1, -0.05) is 54.1 Å². The fourth-order valence-corrected chi connectivity index (χ4v) is 4.55. The van der Waals surface area contributed by atoms with Crippen molar-refractivity contribution in [1.82, 2.24) is 9.36 Å². The van der Waals surface area contributed by atoms with E-state index in [2.05, 4.69) is 5.32 Å². The van der Waals surface area contributed by atoms with Crippen LogP contribution < -0.4 is 15.6 Å². The van der Waals surface area contributed by atoms with Gasteiger partial charge in [-0.25, -0.2) is 9.36 Å². The quantitative estimate of drug-likeness (QED) is 0.433. The number of benzene rings is 3. The summed E-state index contributed by atoms with van der Waals surface area (Å²) in [6.45, 7) is 5.93. The van der Waals surface area contributed by atoms with Crippen LogP contribution in [-0.2, 0) is 17.8 Å². The number of hydrogen-bond acceptors (Lipinski definition) is 3. The van der Waals surface area contributed by atoms with Crippen molar-refractivity contribution in [3.05, 3.63) is 105 Å². The van der Waals surface area contributed by atoms with Crippen molar-refractivity contribution in [2.75, 3.05) is 5.32 Å². The summed E-state index contributed by atoms with van der Waals surface area (Å²) in [6, 6.07) is 21.1. The molecule has 1 aliphatic heterocycles. The largest absolute Gasteiger partial charge is 0.439 e. The zero-order valence-electron chi connectivity index (χ0n) is 18.9. The lowest BCUT2D eigenvalue weighted by molar-refractivity contribution is -0.117. The predicted molar refractivity (Wildman–Crippen MR) is 129 cm³/mol. The molecule has 6 heteroatoms. The molecule has 5 rings (SSSR count). The molecular formula is C27H25N3O3. The highest BCUT2D eigenvalue weighted by Gasteiger charge is 2.29. The molecule has 0 radical (unpaired) electrons. The minimum absolute atomic E-state index is 0.0611. The molecule has 166 valence electrons. The first-order valence-corrected chi connectivity index (χ1v) is 11.0. The van der Waals surface area contributed by atoms with Gasteiger partial charge in [-0.2, -0.15) is 0 Å². The van der Waals surface area contributed by atoms with Crippen LogP contribution in [0.1, 0.15) is 27.8 Å². The Kier molecular flexibility index (Phi) is 5.13. The van der Waals surface area contributed by atoms with Crippen LogP contribution in [0.5, 0.6) is 11.6 Å². The van der Waals surface area contributed by atoms with Gasteiger partial charge in [0.2, 0.25) is 11.8 Å². The second-order valence-corrected chi connectivity index (χ2v) is 8.50. The van der Waals surface area contributed by atoms with E-state index in [4.69, 9.17) is 4.74 Å². The molecule has 0 bridgehead atoms. The van der Waals surface area contributed by atoms with E-state index in [1.807, 2.05) is 87.5 Å². The molecule has 1 N–H and O–H groups in total. The van der Waals surface area contributed by atoms with Gasteiger partial charge >= 0.3 is 0 Å². The Bertz CT molecular complexity index is 1410. The average Bonchev–Trinajstić information content (AvgIpc) is 3.06. The number of hydrogen-bond donors (Lipinski definition) is 1. The van der Waals surface area contributed by atoms with Gasteiger partial charge in [-0.3, -0.25) is 9.59 Å². The number of rotatable bonds is 4. The smallest absolute Gasteiger partial charge is 0.278 e. The maximum Gasteiger partial charge on any atom is 0.278 e. The van der Waals surface area contributed by atoms with Gasteiger partial charge in [0.05, 0.1) is 11.3 Å². The summed E-state index contributed by atoms with van der Waals surface area (Å²) in [5.74, 6) is 0.889. The molecule has 6 nitrogen and oxygen atoms in total. The van der Waals surface area contributed by atoms with Gasteiger partial charge in [-0.15, -0.1) is 0 Å². The third-order valence-corrected chi connectivity index (χ3v) is 5.97. The highest BCUT2D eigenvalue weighted by atomic mass is 16.5. The summed E-state index contributed by atoms with van der Waals surface area (Å²) in [5.41, 5.74) is 5.95. The van der Waals surface area contributed by atoms with Crippen LogP contribution in [0.3, 0.4) is 0 Å². The van der Waals surface area contributed by atoms with Crippen molar-refractivity contribution in [1.29, 1.82) is 0 Å². The summed E-state index contributed by atoms with van der Waals surface area (Å²) >= 11 is 0. The summed E-state index contributed by atoms with van der Waals surface area (Å²) in [5, 5.41) is 3.04. The molecule has 2 heterocycles. The second kappa shape index (κ2) is 8.13. The average molecular weight is 440 g/mol. The Balaban J connectivity index is 1.57. The minimum atomic E-state index is -0.227. The molecular weight excluding hydrogens is 414 g/mol. The molecule has 0 fully saturated rings. The number of para-hydroxylation sites is 2. The molecule has 3 aromatic carbocycles. The van der Waals surface area contributed by atoms with Crippen LogP contribution >= 0.6 is 0 Å². The molecule has 4 aromatic rings. The maximum absolute atomic E-state index is 13.5. The molecule has 1 aromatic heterocycles. The summed E-state index contributed by atoms with van der Waals surface area (Å²) in [6.07, 6.45) is 0.460. The van der Waals surface area contributed by atoms with Crippen LogP contribution in [0.25, 0.3) is 5.69 Å². The first kappa shape index (κ1) is 20.8. The van der Waals surface area contributed by atoms with E-state index in [0.717, 1.165) is 27.9 Å². The van der Waals surface area contributed by atoms with E-state index in [9.17, 15) is 9.59 Å². The molecule has 0 saturated heterocycles. The van der Waals surface area contributed by atoms with Gasteiger partial charge in [-0.05, 0) is 55.7 Å². The Hall–Kier alpha value is -4.06. The van der Waals surface area contributed by atoms with Gasteiger partial charge in [0.1, 0.15) is 12.3 Å². The summed E-state index contributed by atoms with van der Waals surface area (Å²) in [7, 11) is 0. The third-order valence-electron chi connectivity index (χ3n) is 5.97. The molecule has 0 spiro atoms. The van der Waals surface area contributed by atoms with E-state index < -0.39 is 0 Å². The fraction of sp³-hybridized carbons (Fsp3) is 0.185. The number of nitrogens with one attached hydrogen (secondary N) is 1. The van der Waals surface area contributed by atoms with Crippen molar-refractivity contribution < 1.29 is 9.53 Å². The van der Waals surface area contributed by atoms with Crippen molar-refractivity contribution in [3.8, 4) is 17.3 Å². The number of nitrogens with zero attached hydrogens (tertiary/aromatic N) is 2. The molecule has 0 unspecified atom stereocenters. The lowest BCUT2D eigenvalue weighted by Gasteiger charge is -2.20. The molecule has 0 aliphatic carbocycles. The Morgan fingerprint density at radius 1 is 0.970 bits per heavy atom. The molecule has 1 amide bonds. The fourth-order valence-electron chi connectivity index (χ4n) is 4.55. The van der Waals surface area contributed by atoms with E-state index in [0.29, 0.717) is 29.3 Å². The first-order valence-electron chi connectivity index (χ1n) is 11.0. The Labute approximate surface area is 192 Å². The SMILES string of the molecule is Cc1cc(C)c(NC(=O)Cn2c3c(c(=O)n2-c2ccccc2)Cc2ccccc2O3)c(C)c1. The zero-order chi connectivity index (χ0) is 23.1. The van der Waals surface area contributed by atoms with Crippen LogP contribution in [0, 0.1) is 20.8 Å². The number of carbonyl (C=O) groups is 1. The highest BCUT2D eigenvalue weighted by molar-refractivity contribution is 5.92. The van der Waals surface area contributed by atoms with E-state index >= 15 is 0 Å². The van der Waals surface area contributed by atoms with Gasteiger partial charge in [0, 0.05) is 12.1 Å². The minimum Gasteiger partial charge on any atom is -0.439 e.